The van der Waals surface area contributed by atoms with E-state index in [-0.39, 0.29) is 17.0 Å². The van der Waals surface area contributed by atoms with E-state index in [1.54, 1.807) is 31.4 Å². The second-order valence-electron chi connectivity index (χ2n) is 4.58. The molecule has 0 aromatic rings. The monoisotopic (exact) mass is 243 g/mol. The number of nitrogens with one attached hydrogen (secondary N) is 2. The zero-order chi connectivity index (χ0) is 13.2. The summed E-state index contributed by atoms with van der Waals surface area (Å²) >= 11 is 0. The molecule has 3 aliphatic carbocycles. The van der Waals surface area contributed by atoms with Crippen LogP contribution in [0.15, 0.2) is 48.3 Å². The molecule has 2 atom stereocenters. The summed E-state index contributed by atoms with van der Waals surface area (Å²) in [5.41, 5.74) is 6.44. The van der Waals surface area contributed by atoms with Crippen molar-refractivity contribution in [1.29, 1.82) is 10.8 Å². The molecule has 4 N–H and O–H groups in total. The molecule has 0 radical (unpaired) electrons. The van der Waals surface area contributed by atoms with Crippen molar-refractivity contribution in [3.63, 3.8) is 0 Å². The van der Waals surface area contributed by atoms with Crippen LogP contribution in [0.3, 0.4) is 0 Å². The number of nitrogens with two attached hydrogens (primary N) is 1. The summed E-state index contributed by atoms with van der Waals surface area (Å²) in [5.74, 6) is 1.48. The Morgan fingerprint density at radius 3 is 2.28 bits per heavy atom. The largest absolute Gasteiger partial charge is 0.497 e. The third kappa shape index (κ3) is 2.65. The third-order valence-corrected chi connectivity index (χ3v) is 3.19. The van der Waals surface area contributed by atoms with Crippen molar-refractivity contribution >= 4 is 11.4 Å². The van der Waals surface area contributed by atoms with Crippen LogP contribution in [0.25, 0.3) is 0 Å². The van der Waals surface area contributed by atoms with E-state index in [0.717, 1.165) is 12.2 Å². The van der Waals surface area contributed by atoms with Crippen LogP contribution in [0.1, 0.15) is 6.42 Å². The van der Waals surface area contributed by atoms with Crippen LogP contribution in [-0.4, -0.2) is 24.1 Å². The van der Waals surface area contributed by atoms with Crippen LogP contribution in [0.4, 0.5) is 0 Å². The summed E-state index contributed by atoms with van der Waals surface area (Å²) in [6.45, 7) is 0. The molecule has 2 unspecified atom stereocenters. The molecule has 3 rings (SSSR count). The molecule has 0 amide bonds. The number of hydrogen-bond acceptors (Lipinski definition) is 4. The summed E-state index contributed by atoms with van der Waals surface area (Å²) in [7, 11) is 1.68. The highest BCUT2D eigenvalue weighted by atomic mass is 16.5. The zero-order valence-corrected chi connectivity index (χ0v) is 10.3. The van der Waals surface area contributed by atoms with Gasteiger partial charge >= 0.3 is 0 Å². The molecule has 0 aromatic heterocycles. The van der Waals surface area contributed by atoms with Crippen LogP contribution in [0, 0.1) is 16.7 Å². The van der Waals surface area contributed by atoms with Crippen molar-refractivity contribution in [2.75, 3.05) is 7.11 Å². The fraction of sp³-hybridized carbons (Fsp3) is 0.286. The molecule has 1 fully saturated rings. The van der Waals surface area contributed by atoms with Gasteiger partial charge in [-0.2, -0.15) is 0 Å². The van der Waals surface area contributed by atoms with Crippen LogP contribution >= 0.6 is 0 Å². The molecule has 0 saturated heterocycles. The lowest BCUT2D eigenvalue weighted by Crippen LogP contribution is -2.22. The molecule has 4 nitrogen and oxygen atoms in total. The van der Waals surface area contributed by atoms with Crippen LogP contribution in [0.5, 0.6) is 0 Å². The number of allylic oxidation sites excluding steroid dienone is 5. The molecule has 3 aliphatic rings. The fourth-order valence-electron chi connectivity index (χ4n) is 1.84. The minimum absolute atomic E-state index is 0.0119. The third-order valence-electron chi connectivity index (χ3n) is 3.19. The van der Waals surface area contributed by atoms with Gasteiger partial charge in [0, 0.05) is 11.5 Å². The van der Waals surface area contributed by atoms with Crippen LogP contribution in [0.2, 0.25) is 0 Å². The lowest BCUT2D eigenvalue weighted by atomic mass is 10.1. The van der Waals surface area contributed by atoms with Gasteiger partial charge in [-0.3, -0.25) is 10.8 Å². The van der Waals surface area contributed by atoms with Gasteiger partial charge in [-0.15, -0.1) is 0 Å². The summed E-state index contributed by atoms with van der Waals surface area (Å²) in [6.07, 6.45) is 13.9. The molecule has 1 saturated carbocycles. The van der Waals surface area contributed by atoms with E-state index >= 15 is 0 Å². The first-order valence-electron chi connectivity index (χ1n) is 5.81. The van der Waals surface area contributed by atoms with Crippen molar-refractivity contribution in [2.24, 2.45) is 11.7 Å². The molecule has 0 bridgehead atoms. The van der Waals surface area contributed by atoms with Crippen molar-refractivity contribution in [2.45, 2.75) is 12.0 Å². The summed E-state index contributed by atoms with van der Waals surface area (Å²) in [4.78, 5) is 0. The van der Waals surface area contributed by atoms with Crippen LogP contribution in [-0.2, 0) is 4.74 Å². The van der Waals surface area contributed by atoms with Gasteiger partial charge in [0.05, 0.1) is 18.5 Å². The predicted octanol–water partition coefficient (Wildman–Crippen LogP) is 1.96. The Morgan fingerprint density at radius 2 is 1.83 bits per heavy atom. The van der Waals surface area contributed by atoms with Gasteiger partial charge in [-0.05, 0) is 30.7 Å². The fourth-order valence-corrected chi connectivity index (χ4v) is 1.84. The van der Waals surface area contributed by atoms with Crippen molar-refractivity contribution in [3.8, 4) is 0 Å². The lowest BCUT2D eigenvalue weighted by Gasteiger charge is -2.09. The molecule has 18 heavy (non-hydrogen) atoms. The molecule has 94 valence electrons. The first-order valence-corrected chi connectivity index (χ1v) is 5.81. The summed E-state index contributed by atoms with van der Waals surface area (Å²) < 4.78 is 5.05. The number of ether oxygens (including phenoxy) is 1. The Balaban J connectivity index is 0.000000138. The van der Waals surface area contributed by atoms with Gasteiger partial charge in [0.25, 0.3) is 0 Å². The summed E-state index contributed by atoms with van der Waals surface area (Å²) in [5, 5.41) is 14.1. The number of fused-ring (bicyclic) bond motifs is 1. The van der Waals surface area contributed by atoms with Gasteiger partial charge in [-0.1, -0.05) is 18.2 Å². The Kier molecular flexibility index (Phi) is 3.30. The molecular weight excluding hydrogens is 226 g/mol. The lowest BCUT2D eigenvalue weighted by molar-refractivity contribution is 0.302. The first-order chi connectivity index (χ1) is 8.55. The Morgan fingerprint density at radius 1 is 1.22 bits per heavy atom. The molecule has 0 aliphatic heterocycles. The minimum atomic E-state index is -0.0119. The highest BCUT2D eigenvalue weighted by Gasteiger charge is 2.49. The maximum absolute atomic E-state index is 7.03. The number of rotatable bonds is 1. The minimum Gasteiger partial charge on any atom is -0.497 e. The van der Waals surface area contributed by atoms with E-state index in [1.165, 1.54) is 0 Å². The Labute approximate surface area is 107 Å². The number of methoxy groups -OCH3 is 1. The van der Waals surface area contributed by atoms with E-state index < -0.39 is 0 Å². The van der Waals surface area contributed by atoms with Gasteiger partial charge in [-0.25, -0.2) is 0 Å². The quantitative estimate of drug-likeness (QED) is 0.615. The molecule has 0 heterocycles. The van der Waals surface area contributed by atoms with Gasteiger partial charge in [0.15, 0.2) is 0 Å². The van der Waals surface area contributed by atoms with E-state index in [2.05, 4.69) is 6.08 Å². The molecule has 0 aromatic carbocycles. The average molecular weight is 243 g/mol. The molecule has 0 spiro atoms. The van der Waals surface area contributed by atoms with Crippen molar-refractivity contribution < 1.29 is 4.74 Å². The van der Waals surface area contributed by atoms with E-state index in [9.17, 15) is 0 Å². The van der Waals surface area contributed by atoms with Gasteiger partial charge in [0.1, 0.15) is 5.76 Å². The normalized spacial score (nSPS) is 31.2. The van der Waals surface area contributed by atoms with Crippen molar-refractivity contribution in [1.82, 2.24) is 0 Å². The van der Waals surface area contributed by atoms with E-state index in [4.69, 9.17) is 21.3 Å². The van der Waals surface area contributed by atoms with E-state index in [0.29, 0.717) is 5.92 Å². The van der Waals surface area contributed by atoms with Gasteiger partial charge < -0.3 is 10.5 Å². The topological polar surface area (TPSA) is 83.0 Å². The Bertz CT molecular complexity index is 477. The SMILES string of the molecule is COC1=CC2CC2(N)C=C1.N=C1C=CC=CC1=N. The zero-order valence-electron chi connectivity index (χ0n) is 10.3. The second kappa shape index (κ2) is 4.74. The van der Waals surface area contributed by atoms with Gasteiger partial charge in [0.2, 0.25) is 0 Å². The molecular formula is C14H17N3O. The second-order valence-corrected chi connectivity index (χ2v) is 4.58. The van der Waals surface area contributed by atoms with E-state index in [1.807, 2.05) is 12.2 Å². The standard InChI is InChI=1S/C8H11NO.C6H6N2/c1-10-7-2-3-8(9)5-6(8)4-7;7-5-3-1-2-4-6(5)8/h2-4,6H,5,9H2,1H3;1-4,7-8H. The maximum Gasteiger partial charge on any atom is 0.114 e. The van der Waals surface area contributed by atoms with Crippen molar-refractivity contribution in [3.05, 3.63) is 48.3 Å². The highest BCUT2D eigenvalue weighted by Crippen LogP contribution is 2.46. The molecule has 4 heteroatoms. The van der Waals surface area contributed by atoms with Crippen LogP contribution < -0.4 is 5.73 Å². The Hall–Kier alpha value is -1.94. The highest BCUT2D eigenvalue weighted by molar-refractivity contribution is 6.48. The summed E-state index contributed by atoms with van der Waals surface area (Å²) in [6, 6.07) is 0. The predicted molar refractivity (Wildman–Crippen MR) is 73.0 cm³/mol. The average Bonchev–Trinajstić information content (AvgIpc) is 3.04. The smallest absolute Gasteiger partial charge is 0.114 e. The first kappa shape index (κ1) is 12.5. The maximum atomic E-state index is 7.03. The number of hydrogen-bond donors (Lipinski definition) is 3.